The highest BCUT2D eigenvalue weighted by Gasteiger charge is 2.49. The number of amides is 2. The van der Waals surface area contributed by atoms with Gasteiger partial charge in [-0.25, -0.2) is 0 Å². The third-order valence-corrected chi connectivity index (χ3v) is 5.76. The van der Waals surface area contributed by atoms with E-state index in [0.717, 1.165) is 38.0 Å². The average Bonchev–Trinajstić information content (AvgIpc) is 3.43. The minimum Gasteiger partial charge on any atom is -0.357 e. The van der Waals surface area contributed by atoms with Crippen molar-refractivity contribution in [2.24, 2.45) is 5.92 Å². The van der Waals surface area contributed by atoms with Crippen LogP contribution in [0.1, 0.15) is 25.0 Å². The van der Waals surface area contributed by atoms with E-state index in [2.05, 4.69) is 9.88 Å². The number of hydrogen-bond donors (Lipinski definition) is 0. The Morgan fingerprint density at radius 1 is 1.33 bits per heavy atom. The molecule has 2 amide bonds. The smallest absolute Gasteiger partial charge is 0.253 e. The molecule has 3 fully saturated rings. The van der Waals surface area contributed by atoms with Crippen molar-refractivity contribution >= 4 is 11.8 Å². The van der Waals surface area contributed by atoms with Crippen LogP contribution in [0, 0.1) is 5.92 Å². The summed E-state index contributed by atoms with van der Waals surface area (Å²) in [7, 11) is 3.81. The lowest BCUT2D eigenvalue weighted by molar-refractivity contribution is -0.175. The normalized spacial score (nSPS) is 28.5. The van der Waals surface area contributed by atoms with Crippen LogP contribution in [0.2, 0.25) is 0 Å². The molecule has 1 aromatic heterocycles. The minimum absolute atomic E-state index is 0.0291. The Morgan fingerprint density at radius 3 is 2.85 bits per heavy atom. The molecule has 1 aromatic rings. The molecule has 0 N–H and O–H groups in total. The zero-order valence-corrected chi connectivity index (χ0v) is 16.1. The summed E-state index contributed by atoms with van der Waals surface area (Å²) in [5.74, 6) is 0.459. The second kappa shape index (κ2) is 7.20. The molecule has 2 aliphatic heterocycles. The molecule has 7 nitrogen and oxygen atoms in total. The highest BCUT2D eigenvalue weighted by atomic mass is 16.5. The summed E-state index contributed by atoms with van der Waals surface area (Å²) in [4.78, 5) is 35.5. The van der Waals surface area contributed by atoms with Gasteiger partial charge in [0.05, 0.1) is 18.8 Å². The number of morpholine rings is 1. The van der Waals surface area contributed by atoms with Gasteiger partial charge < -0.3 is 19.4 Å². The Bertz CT molecular complexity index is 708. The second-order valence-electron chi connectivity index (χ2n) is 8.29. The number of aromatic nitrogens is 1. The van der Waals surface area contributed by atoms with Crippen molar-refractivity contribution in [3.8, 4) is 0 Å². The predicted octanol–water partition coefficient (Wildman–Crippen LogP) is 0.752. The topological polar surface area (TPSA) is 66.0 Å². The Kier molecular flexibility index (Phi) is 4.90. The first-order chi connectivity index (χ1) is 13.0. The Labute approximate surface area is 160 Å². The number of nitrogens with zero attached hydrogens (tertiary/aromatic N) is 4. The summed E-state index contributed by atoms with van der Waals surface area (Å²) in [5, 5.41) is 0. The van der Waals surface area contributed by atoms with E-state index in [1.807, 2.05) is 30.1 Å². The number of hydrogen-bond acceptors (Lipinski definition) is 5. The molecular weight excluding hydrogens is 344 g/mol. The van der Waals surface area contributed by atoms with E-state index in [1.165, 1.54) is 0 Å². The molecule has 2 saturated heterocycles. The molecule has 0 radical (unpaired) electrons. The molecule has 1 saturated carbocycles. The molecule has 1 spiro atoms. The maximum absolute atomic E-state index is 13.0. The summed E-state index contributed by atoms with van der Waals surface area (Å²) in [6, 6.07) is 5.70. The molecule has 0 unspecified atom stereocenters. The van der Waals surface area contributed by atoms with Crippen LogP contribution in [0.4, 0.5) is 0 Å². The maximum atomic E-state index is 13.0. The number of likely N-dealkylation sites (tertiary alicyclic amines) is 1. The van der Waals surface area contributed by atoms with Gasteiger partial charge in [0.25, 0.3) is 5.91 Å². The third-order valence-electron chi connectivity index (χ3n) is 5.76. The lowest BCUT2D eigenvalue weighted by Gasteiger charge is -2.43. The van der Waals surface area contributed by atoms with Crippen molar-refractivity contribution < 1.29 is 14.3 Å². The van der Waals surface area contributed by atoms with Crippen LogP contribution >= 0.6 is 0 Å². The first-order valence-electron chi connectivity index (χ1n) is 9.76. The van der Waals surface area contributed by atoms with E-state index >= 15 is 0 Å². The molecule has 27 heavy (non-hydrogen) atoms. The lowest BCUT2D eigenvalue weighted by atomic mass is 9.99. The van der Waals surface area contributed by atoms with Gasteiger partial charge in [-0.2, -0.15) is 0 Å². The SMILES string of the molecule is CN1C[C@@H](C(=O)N(C)Cc2ccccn2)O[C@]2(CCN(C(=O)C3CC3)C2)C1. The minimum atomic E-state index is -0.506. The van der Waals surface area contributed by atoms with Crippen molar-refractivity contribution in [1.29, 1.82) is 0 Å². The molecule has 7 heteroatoms. The fraction of sp³-hybridized carbons (Fsp3) is 0.650. The van der Waals surface area contributed by atoms with Crippen molar-refractivity contribution in [2.45, 2.75) is 37.5 Å². The van der Waals surface area contributed by atoms with Crippen molar-refractivity contribution in [3.63, 3.8) is 0 Å². The van der Waals surface area contributed by atoms with Gasteiger partial charge in [0.1, 0.15) is 11.7 Å². The van der Waals surface area contributed by atoms with Crippen LogP contribution < -0.4 is 0 Å². The summed E-state index contributed by atoms with van der Waals surface area (Å²) < 4.78 is 6.36. The molecule has 0 bridgehead atoms. The number of rotatable bonds is 4. The van der Waals surface area contributed by atoms with Gasteiger partial charge in [-0.05, 0) is 38.4 Å². The van der Waals surface area contributed by atoms with Crippen LogP contribution in [0.5, 0.6) is 0 Å². The molecule has 3 aliphatic rings. The number of pyridine rings is 1. The van der Waals surface area contributed by atoms with Gasteiger partial charge >= 0.3 is 0 Å². The highest BCUT2D eigenvalue weighted by Crippen LogP contribution is 2.36. The van der Waals surface area contributed by atoms with Crippen LogP contribution in [0.25, 0.3) is 0 Å². The van der Waals surface area contributed by atoms with Crippen LogP contribution in [-0.4, -0.2) is 83.5 Å². The molecule has 0 aromatic carbocycles. The zero-order valence-electron chi connectivity index (χ0n) is 16.1. The van der Waals surface area contributed by atoms with Crippen LogP contribution in [-0.2, 0) is 20.9 Å². The number of ether oxygens (including phenoxy) is 1. The number of carbonyl (C=O) groups is 2. The van der Waals surface area contributed by atoms with E-state index in [4.69, 9.17) is 4.74 Å². The molecule has 4 rings (SSSR count). The Balaban J connectivity index is 1.41. The summed E-state index contributed by atoms with van der Waals surface area (Å²) in [6.07, 6.45) is 4.06. The van der Waals surface area contributed by atoms with E-state index in [-0.39, 0.29) is 17.7 Å². The fourth-order valence-electron chi connectivity index (χ4n) is 4.25. The standard InChI is InChI=1S/C20H28N4O3/c1-22-12-17(19(26)23(2)11-16-5-3-4-9-21-16)27-20(13-22)8-10-24(14-20)18(25)15-6-7-15/h3-5,9,15,17H,6-8,10-14H2,1-2H3/t17-,20+/m0/s1. The first kappa shape index (κ1) is 18.4. The van der Waals surface area contributed by atoms with Gasteiger partial charge in [-0.3, -0.25) is 14.6 Å². The molecule has 1 aliphatic carbocycles. The fourth-order valence-corrected chi connectivity index (χ4v) is 4.25. The average molecular weight is 372 g/mol. The first-order valence-corrected chi connectivity index (χ1v) is 9.76. The van der Waals surface area contributed by atoms with E-state index in [1.54, 1.807) is 18.1 Å². The van der Waals surface area contributed by atoms with E-state index < -0.39 is 11.7 Å². The van der Waals surface area contributed by atoms with Gasteiger partial charge in [0.15, 0.2) is 0 Å². The monoisotopic (exact) mass is 372 g/mol. The van der Waals surface area contributed by atoms with Gasteiger partial charge in [-0.15, -0.1) is 0 Å². The second-order valence-corrected chi connectivity index (χ2v) is 8.29. The zero-order chi connectivity index (χ0) is 19.0. The number of likely N-dealkylation sites (N-methyl/N-ethyl adjacent to an activating group) is 2. The highest BCUT2D eigenvalue weighted by molar-refractivity contribution is 5.82. The summed E-state index contributed by atoms with van der Waals surface area (Å²) in [5.41, 5.74) is 0.429. The van der Waals surface area contributed by atoms with Gasteiger partial charge in [0.2, 0.25) is 5.91 Å². The quantitative estimate of drug-likeness (QED) is 0.780. The Hall–Kier alpha value is -1.99. The molecule has 2 atom stereocenters. The largest absolute Gasteiger partial charge is 0.357 e. The maximum Gasteiger partial charge on any atom is 0.253 e. The van der Waals surface area contributed by atoms with Crippen molar-refractivity contribution in [3.05, 3.63) is 30.1 Å². The van der Waals surface area contributed by atoms with Crippen LogP contribution in [0.3, 0.4) is 0 Å². The van der Waals surface area contributed by atoms with Gasteiger partial charge in [0, 0.05) is 38.8 Å². The molecule has 146 valence electrons. The van der Waals surface area contributed by atoms with E-state index in [0.29, 0.717) is 19.6 Å². The third kappa shape index (κ3) is 3.99. The molecule has 3 heterocycles. The van der Waals surface area contributed by atoms with E-state index in [9.17, 15) is 9.59 Å². The molecular formula is C20H28N4O3. The Morgan fingerprint density at radius 2 is 2.15 bits per heavy atom. The number of carbonyl (C=O) groups excluding carboxylic acids is 2. The van der Waals surface area contributed by atoms with Crippen LogP contribution in [0.15, 0.2) is 24.4 Å². The van der Waals surface area contributed by atoms with Crippen molar-refractivity contribution in [1.82, 2.24) is 19.7 Å². The summed E-state index contributed by atoms with van der Waals surface area (Å²) in [6.45, 7) is 3.12. The van der Waals surface area contributed by atoms with Gasteiger partial charge in [-0.1, -0.05) is 6.07 Å². The predicted molar refractivity (Wildman–Crippen MR) is 99.7 cm³/mol. The summed E-state index contributed by atoms with van der Waals surface area (Å²) >= 11 is 0. The van der Waals surface area contributed by atoms with Crippen molar-refractivity contribution in [2.75, 3.05) is 40.3 Å². The lowest BCUT2D eigenvalue weighted by Crippen LogP contribution is -2.59.